The maximum Gasteiger partial charge on any atom is 0.251 e. The standard InChI is InChI=1S/C64H88N10O10/c1-37(65-9)55(77)71-53(63(3,4)5)61(83)73-35-39(30-51(73)59(81)69-49-26-16-20-41-18-11-13-24-47(41)49)28-45(75)33-67-57(79)43-22-15-23-44(32-43)58(80)68-34-46(76)29-40-31-52(60(82)70-50-27-17-21-42-19-12-14-25-48(42)50)74(36-40)62(84)54(64(6,7)8)72-56(78)38(2)66-10/h11-15,18-19,22-25,32,37-40,49-54,65-66H,16-17,20-21,26-31,33-36H2,1-10H3,(H,67,79)(H,68,80)(H,69,81)(H,70,82)(H,71,77)(H,72,78)/t37-,38-,39-,40-,49+,50+,51-,52?,53+,54?/m0/s1. The molecule has 2 aliphatic carbocycles. The Balaban J connectivity index is 0.959. The third kappa shape index (κ3) is 16.1. The lowest BCUT2D eigenvalue weighted by Gasteiger charge is -2.36. The Morgan fingerprint density at radius 2 is 0.917 bits per heavy atom. The number of likely N-dealkylation sites (N-methyl/N-ethyl adjacent to an activating group) is 2. The van der Waals surface area contributed by atoms with Crippen molar-refractivity contribution in [3.05, 3.63) is 106 Å². The molecule has 0 radical (unpaired) electrons. The highest BCUT2D eigenvalue weighted by Crippen LogP contribution is 2.36. The number of aryl methyl sites for hydroxylation is 2. The van der Waals surface area contributed by atoms with Crippen LogP contribution in [0.2, 0.25) is 0 Å². The number of hydrogen-bond donors (Lipinski definition) is 8. The largest absolute Gasteiger partial charge is 0.347 e. The first-order chi connectivity index (χ1) is 39.8. The quantitative estimate of drug-likeness (QED) is 0.0705. The lowest BCUT2D eigenvalue weighted by molar-refractivity contribution is -0.144. The van der Waals surface area contributed by atoms with Crippen molar-refractivity contribution in [1.29, 1.82) is 0 Å². The molecule has 454 valence electrons. The minimum atomic E-state index is -0.983. The summed E-state index contributed by atoms with van der Waals surface area (Å²) in [6.45, 7) is 13.8. The van der Waals surface area contributed by atoms with Crippen molar-refractivity contribution in [1.82, 2.24) is 52.3 Å². The molecule has 7 rings (SSSR count). The van der Waals surface area contributed by atoms with Crippen LogP contribution in [-0.2, 0) is 51.2 Å². The fraction of sp³-hybridized carbons (Fsp3) is 0.562. The average molecular weight is 1160 g/mol. The molecule has 0 aromatic heterocycles. The van der Waals surface area contributed by atoms with Gasteiger partial charge in [-0.1, -0.05) is 96.1 Å². The fourth-order valence-electron chi connectivity index (χ4n) is 12.0. The van der Waals surface area contributed by atoms with Gasteiger partial charge >= 0.3 is 0 Å². The van der Waals surface area contributed by atoms with Gasteiger partial charge in [0.05, 0.1) is 37.3 Å². The molecule has 20 heteroatoms. The summed E-state index contributed by atoms with van der Waals surface area (Å²) in [4.78, 5) is 142. The number of nitrogens with zero attached hydrogens (tertiary/aromatic N) is 2. The first-order valence-electron chi connectivity index (χ1n) is 29.8. The zero-order chi connectivity index (χ0) is 61.2. The van der Waals surface area contributed by atoms with Crippen LogP contribution in [-0.4, -0.2) is 145 Å². The zero-order valence-electron chi connectivity index (χ0n) is 50.6. The zero-order valence-corrected chi connectivity index (χ0v) is 50.6. The summed E-state index contributed by atoms with van der Waals surface area (Å²) in [5.41, 5.74) is 3.08. The Labute approximate surface area is 494 Å². The summed E-state index contributed by atoms with van der Waals surface area (Å²) < 4.78 is 0. The fourth-order valence-corrected chi connectivity index (χ4v) is 12.0. The van der Waals surface area contributed by atoms with Crippen LogP contribution in [0.3, 0.4) is 0 Å². The molecule has 3 aromatic rings. The lowest BCUT2D eigenvalue weighted by Crippen LogP contribution is -2.59. The van der Waals surface area contributed by atoms with Gasteiger partial charge in [0, 0.05) is 37.1 Å². The molecule has 0 bridgehead atoms. The predicted molar refractivity (Wildman–Crippen MR) is 318 cm³/mol. The number of rotatable bonds is 22. The molecule has 2 fully saturated rings. The van der Waals surface area contributed by atoms with Crippen molar-refractivity contribution in [3.8, 4) is 0 Å². The summed E-state index contributed by atoms with van der Waals surface area (Å²) in [5, 5.41) is 23.3. The normalized spacial score (nSPS) is 21.7. The number of hydrogen-bond acceptors (Lipinski definition) is 12. The molecule has 8 amide bonds. The molecule has 10 atom stereocenters. The molecule has 20 nitrogen and oxygen atoms in total. The average Bonchev–Trinajstić information content (AvgIpc) is 3.22. The minimum Gasteiger partial charge on any atom is -0.347 e. The van der Waals surface area contributed by atoms with E-state index in [1.165, 1.54) is 34.1 Å². The van der Waals surface area contributed by atoms with E-state index >= 15 is 0 Å². The molecule has 0 saturated carbocycles. The van der Waals surface area contributed by atoms with Crippen molar-refractivity contribution in [2.75, 3.05) is 40.3 Å². The molecule has 2 unspecified atom stereocenters. The van der Waals surface area contributed by atoms with Gasteiger partial charge in [0.15, 0.2) is 11.6 Å². The molecule has 84 heavy (non-hydrogen) atoms. The Hall–Kier alpha value is -7.32. The van der Waals surface area contributed by atoms with Crippen molar-refractivity contribution in [2.24, 2.45) is 22.7 Å². The highest BCUT2D eigenvalue weighted by Gasteiger charge is 2.48. The van der Waals surface area contributed by atoms with Crippen LogP contribution in [0.4, 0.5) is 0 Å². The molecular formula is C64H88N10O10. The highest BCUT2D eigenvalue weighted by atomic mass is 16.2. The van der Waals surface area contributed by atoms with Crippen LogP contribution >= 0.6 is 0 Å². The van der Waals surface area contributed by atoms with Gasteiger partial charge < -0.3 is 52.3 Å². The first kappa shape index (κ1) is 64.2. The molecule has 3 aromatic carbocycles. The molecule has 0 spiro atoms. The summed E-state index contributed by atoms with van der Waals surface area (Å²) in [6.07, 6.45) is 5.29. The van der Waals surface area contributed by atoms with E-state index in [1.54, 1.807) is 27.9 Å². The van der Waals surface area contributed by atoms with E-state index in [4.69, 9.17) is 0 Å². The Morgan fingerprint density at radius 1 is 0.536 bits per heavy atom. The maximum absolute atomic E-state index is 14.6. The van der Waals surface area contributed by atoms with E-state index < -0.39 is 82.5 Å². The second-order valence-corrected chi connectivity index (χ2v) is 25.6. The van der Waals surface area contributed by atoms with Crippen LogP contribution in [0.15, 0.2) is 72.8 Å². The van der Waals surface area contributed by atoms with Gasteiger partial charge in [0.1, 0.15) is 24.2 Å². The number of likely N-dealkylation sites (tertiary alicyclic amines) is 2. The van der Waals surface area contributed by atoms with Crippen LogP contribution in [0.25, 0.3) is 0 Å². The van der Waals surface area contributed by atoms with Crippen molar-refractivity contribution < 1.29 is 47.9 Å². The number of Topliss-reactive ketones (excluding diaryl/α,β-unsaturated/α-hetero) is 2. The Bertz CT molecular complexity index is 2760. The number of amides is 8. The third-order valence-corrected chi connectivity index (χ3v) is 17.1. The number of carbonyl (C=O) groups excluding carboxylic acids is 10. The smallest absolute Gasteiger partial charge is 0.251 e. The Morgan fingerprint density at radius 3 is 1.29 bits per heavy atom. The number of benzene rings is 3. The predicted octanol–water partition coefficient (Wildman–Crippen LogP) is 4.16. The van der Waals surface area contributed by atoms with Crippen molar-refractivity contribution in [2.45, 2.75) is 168 Å². The lowest BCUT2D eigenvalue weighted by atomic mass is 9.85. The molecule has 8 N–H and O–H groups in total. The number of fused-ring (bicyclic) bond motifs is 2. The topological polar surface area (TPSA) is 273 Å². The summed E-state index contributed by atoms with van der Waals surface area (Å²) in [6, 6.07) is 16.3. The van der Waals surface area contributed by atoms with Gasteiger partial charge in [-0.05, 0) is 142 Å². The molecule has 2 heterocycles. The van der Waals surface area contributed by atoms with Crippen LogP contribution in [0, 0.1) is 22.7 Å². The number of ketones is 2. The van der Waals surface area contributed by atoms with Gasteiger partial charge in [0.25, 0.3) is 11.8 Å². The third-order valence-electron chi connectivity index (χ3n) is 17.1. The van der Waals surface area contributed by atoms with Gasteiger partial charge in [-0.2, -0.15) is 0 Å². The second kappa shape index (κ2) is 28.0. The second-order valence-electron chi connectivity index (χ2n) is 25.6. The van der Waals surface area contributed by atoms with Crippen molar-refractivity contribution >= 4 is 58.8 Å². The molecular weight excluding hydrogens is 1070 g/mol. The van der Waals surface area contributed by atoms with E-state index in [1.807, 2.05) is 77.9 Å². The SMILES string of the molecule is CN[C@@H](C)C(=O)NC(C(=O)N1C[C@@H](CC(=O)CNC(=O)c2cccc(C(=O)NCC(=O)C[C@H]3C[C@@H](C(=O)N[C@@H]4CCCc5ccccc54)N(C(=O)[C@@H](NC(=O)[C@H](C)NC)C(C)(C)C)C3)c2)CC1C(=O)N[C@@H]1CCCc2ccccc21)C(C)(C)C. The van der Waals surface area contributed by atoms with Gasteiger partial charge in [-0.15, -0.1) is 0 Å². The first-order valence-corrected chi connectivity index (χ1v) is 29.8. The van der Waals surface area contributed by atoms with Crippen LogP contribution in [0.5, 0.6) is 0 Å². The Kier molecular flexibility index (Phi) is 21.4. The van der Waals surface area contributed by atoms with E-state index in [-0.39, 0.29) is 110 Å². The highest BCUT2D eigenvalue weighted by molar-refractivity contribution is 6.02. The maximum atomic E-state index is 14.6. The minimum absolute atomic E-state index is 0.0512. The van der Waals surface area contributed by atoms with E-state index in [0.29, 0.717) is 0 Å². The summed E-state index contributed by atoms with van der Waals surface area (Å²) in [7, 11) is 3.29. The van der Waals surface area contributed by atoms with Crippen LogP contribution < -0.4 is 42.5 Å². The summed E-state index contributed by atoms with van der Waals surface area (Å²) >= 11 is 0. The van der Waals surface area contributed by atoms with E-state index in [0.717, 1.165) is 60.8 Å². The van der Waals surface area contributed by atoms with E-state index in [9.17, 15) is 47.9 Å². The van der Waals surface area contributed by atoms with Crippen LogP contribution in [0.1, 0.15) is 162 Å². The van der Waals surface area contributed by atoms with Gasteiger partial charge in [0.2, 0.25) is 35.4 Å². The number of nitrogens with one attached hydrogen (secondary N) is 8. The van der Waals surface area contributed by atoms with E-state index in [2.05, 4.69) is 54.7 Å². The van der Waals surface area contributed by atoms with Gasteiger partial charge in [-0.25, -0.2) is 0 Å². The van der Waals surface area contributed by atoms with Gasteiger partial charge in [-0.3, -0.25) is 47.9 Å². The summed E-state index contributed by atoms with van der Waals surface area (Å²) in [5.74, 6) is -5.11. The van der Waals surface area contributed by atoms with Crippen molar-refractivity contribution in [3.63, 3.8) is 0 Å². The molecule has 4 aliphatic rings. The monoisotopic (exact) mass is 1160 g/mol. The number of carbonyl (C=O) groups is 10. The molecule has 2 saturated heterocycles. The molecule has 2 aliphatic heterocycles.